The quantitative estimate of drug-likeness (QED) is 0.756. The van der Waals surface area contributed by atoms with Crippen LogP contribution in [-0.4, -0.2) is 21.3 Å². The molecule has 3 heterocycles. The lowest BCUT2D eigenvalue weighted by atomic mass is 10.2. The maximum Gasteiger partial charge on any atom is 0.150 e. The van der Waals surface area contributed by atoms with Gasteiger partial charge in [0.25, 0.3) is 0 Å². The molecule has 0 aliphatic carbocycles. The lowest BCUT2D eigenvalue weighted by molar-refractivity contribution is 0.532. The van der Waals surface area contributed by atoms with Crippen LogP contribution in [0.25, 0.3) is 0 Å². The molecule has 1 aromatic rings. The van der Waals surface area contributed by atoms with E-state index < -0.39 is 0 Å². The number of aromatic nitrogens is 3. The van der Waals surface area contributed by atoms with Gasteiger partial charge in [-0.3, -0.25) is 0 Å². The van der Waals surface area contributed by atoms with Crippen molar-refractivity contribution in [2.45, 2.75) is 51.1 Å². The molecule has 82 valence electrons. The zero-order chi connectivity index (χ0) is 10.1. The molecule has 1 atom stereocenters. The Bertz CT molecular complexity index is 338. The number of rotatable bonds is 1. The van der Waals surface area contributed by atoms with Crippen LogP contribution in [0.15, 0.2) is 0 Å². The van der Waals surface area contributed by atoms with Gasteiger partial charge in [-0.15, -0.1) is 10.2 Å². The third-order valence-electron chi connectivity index (χ3n) is 3.51. The Hall–Kier alpha value is -0.900. The van der Waals surface area contributed by atoms with Crippen LogP contribution in [0.4, 0.5) is 0 Å². The van der Waals surface area contributed by atoms with Crippen LogP contribution in [0.3, 0.4) is 0 Å². The predicted molar refractivity (Wildman–Crippen MR) is 57.6 cm³/mol. The summed E-state index contributed by atoms with van der Waals surface area (Å²) in [5, 5.41) is 12.2. The molecule has 15 heavy (non-hydrogen) atoms. The van der Waals surface area contributed by atoms with Gasteiger partial charge in [-0.1, -0.05) is 6.42 Å². The van der Waals surface area contributed by atoms with Gasteiger partial charge in [-0.2, -0.15) is 0 Å². The summed E-state index contributed by atoms with van der Waals surface area (Å²) in [5.41, 5.74) is 0. The second-order valence-corrected chi connectivity index (χ2v) is 4.59. The van der Waals surface area contributed by atoms with Crippen molar-refractivity contribution in [2.75, 3.05) is 6.54 Å². The average Bonchev–Trinajstić information content (AvgIpc) is 2.83. The van der Waals surface area contributed by atoms with Gasteiger partial charge in [0.05, 0.1) is 6.04 Å². The van der Waals surface area contributed by atoms with Gasteiger partial charge in [0.1, 0.15) is 11.6 Å². The smallest absolute Gasteiger partial charge is 0.150 e. The number of hydrogen-bond donors (Lipinski definition) is 1. The van der Waals surface area contributed by atoms with E-state index in [0.717, 1.165) is 19.5 Å². The molecule has 1 N–H and O–H groups in total. The highest BCUT2D eigenvalue weighted by atomic mass is 15.3. The number of nitrogens with zero attached hydrogens (tertiary/aromatic N) is 3. The van der Waals surface area contributed by atoms with Gasteiger partial charge < -0.3 is 9.88 Å². The third kappa shape index (κ3) is 1.67. The normalized spacial score (nSPS) is 26.3. The zero-order valence-electron chi connectivity index (χ0n) is 9.08. The van der Waals surface area contributed by atoms with Gasteiger partial charge in [0, 0.05) is 13.0 Å². The summed E-state index contributed by atoms with van der Waals surface area (Å²) >= 11 is 0. The Kier molecular flexibility index (Phi) is 2.44. The van der Waals surface area contributed by atoms with Gasteiger partial charge in [-0.05, 0) is 32.2 Å². The van der Waals surface area contributed by atoms with Crippen molar-refractivity contribution in [2.24, 2.45) is 0 Å². The first kappa shape index (κ1) is 9.33. The molecule has 0 spiro atoms. The molecule has 0 aromatic carbocycles. The standard InChI is InChI=1S/C11H18N4/c1-2-6-10-13-14-11(15(10)8-3-1)9-5-4-7-12-9/h9,12H,1-8H2/t9-/m1/s1. The summed E-state index contributed by atoms with van der Waals surface area (Å²) in [6.45, 7) is 2.25. The molecule has 0 unspecified atom stereocenters. The Morgan fingerprint density at radius 1 is 1.13 bits per heavy atom. The van der Waals surface area contributed by atoms with Crippen LogP contribution in [0.2, 0.25) is 0 Å². The van der Waals surface area contributed by atoms with Crippen LogP contribution in [0, 0.1) is 0 Å². The van der Waals surface area contributed by atoms with E-state index in [1.54, 1.807) is 0 Å². The SMILES string of the molecule is C1CCc2nnc([C@H]3CCCN3)n2CC1. The van der Waals surface area contributed by atoms with E-state index in [0.29, 0.717) is 6.04 Å². The zero-order valence-corrected chi connectivity index (χ0v) is 9.08. The highest BCUT2D eigenvalue weighted by molar-refractivity contribution is 5.04. The first-order valence-corrected chi connectivity index (χ1v) is 6.10. The van der Waals surface area contributed by atoms with Crippen LogP contribution in [-0.2, 0) is 13.0 Å². The molecular weight excluding hydrogens is 188 g/mol. The second kappa shape index (κ2) is 3.93. The number of hydrogen-bond acceptors (Lipinski definition) is 3. The minimum Gasteiger partial charge on any atom is -0.314 e. The summed E-state index contributed by atoms with van der Waals surface area (Å²) in [6.07, 6.45) is 7.49. The highest BCUT2D eigenvalue weighted by Crippen LogP contribution is 2.24. The molecule has 4 heteroatoms. The summed E-state index contributed by atoms with van der Waals surface area (Å²) in [4.78, 5) is 0. The van der Waals surface area contributed by atoms with Crippen LogP contribution >= 0.6 is 0 Å². The van der Waals surface area contributed by atoms with Crippen molar-refractivity contribution < 1.29 is 0 Å². The van der Waals surface area contributed by atoms with Crippen LogP contribution in [0.5, 0.6) is 0 Å². The first-order chi connectivity index (χ1) is 7.45. The van der Waals surface area contributed by atoms with Gasteiger partial charge in [0.2, 0.25) is 0 Å². The van der Waals surface area contributed by atoms with Gasteiger partial charge >= 0.3 is 0 Å². The summed E-state index contributed by atoms with van der Waals surface area (Å²) in [5.74, 6) is 2.39. The van der Waals surface area contributed by atoms with Crippen molar-refractivity contribution in [3.8, 4) is 0 Å². The highest BCUT2D eigenvalue weighted by Gasteiger charge is 2.24. The van der Waals surface area contributed by atoms with Gasteiger partial charge in [0.15, 0.2) is 0 Å². The topological polar surface area (TPSA) is 42.7 Å². The molecule has 1 saturated heterocycles. The predicted octanol–water partition coefficient (Wildman–Crippen LogP) is 1.43. The van der Waals surface area contributed by atoms with Crippen molar-refractivity contribution >= 4 is 0 Å². The van der Waals surface area contributed by atoms with Crippen molar-refractivity contribution in [3.05, 3.63) is 11.6 Å². The Morgan fingerprint density at radius 3 is 3.00 bits per heavy atom. The molecule has 3 rings (SSSR count). The number of aryl methyl sites for hydroxylation is 1. The third-order valence-corrected chi connectivity index (χ3v) is 3.51. The number of nitrogens with one attached hydrogen (secondary N) is 1. The van der Waals surface area contributed by atoms with Crippen LogP contribution in [0.1, 0.15) is 49.8 Å². The summed E-state index contributed by atoms with van der Waals surface area (Å²) < 4.78 is 2.36. The molecule has 1 fully saturated rings. The Balaban J connectivity index is 1.91. The molecular formula is C11H18N4. The molecule has 2 aliphatic heterocycles. The minimum absolute atomic E-state index is 0.462. The van der Waals surface area contributed by atoms with E-state index >= 15 is 0 Å². The fraction of sp³-hybridized carbons (Fsp3) is 0.818. The lowest BCUT2D eigenvalue weighted by Gasteiger charge is -2.12. The van der Waals surface area contributed by atoms with E-state index in [-0.39, 0.29) is 0 Å². The molecule has 4 nitrogen and oxygen atoms in total. The molecule has 0 bridgehead atoms. The van der Waals surface area contributed by atoms with E-state index in [2.05, 4.69) is 20.1 Å². The van der Waals surface area contributed by atoms with E-state index in [1.165, 1.54) is 43.8 Å². The Labute approximate surface area is 90.1 Å². The summed E-state index contributed by atoms with van der Waals surface area (Å²) in [7, 11) is 0. The minimum atomic E-state index is 0.462. The fourth-order valence-electron chi connectivity index (χ4n) is 2.67. The maximum atomic E-state index is 4.37. The van der Waals surface area contributed by atoms with E-state index in [1.807, 2.05) is 0 Å². The van der Waals surface area contributed by atoms with Crippen molar-refractivity contribution in [1.82, 2.24) is 20.1 Å². The fourth-order valence-corrected chi connectivity index (χ4v) is 2.67. The van der Waals surface area contributed by atoms with Crippen LogP contribution < -0.4 is 5.32 Å². The monoisotopic (exact) mass is 206 g/mol. The number of fused-ring (bicyclic) bond motifs is 1. The summed E-state index contributed by atoms with van der Waals surface area (Å²) in [6, 6.07) is 0.462. The average molecular weight is 206 g/mol. The van der Waals surface area contributed by atoms with Crippen molar-refractivity contribution in [3.63, 3.8) is 0 Å². The molecule has 0 radical (unpaired) electrons. The lowest BCUT2D eigenvalue weighted by Crippen LogP contribution is -2.18. The largest absolute Gasteiger partial charge is 0.314 e. The van der Waals surface area contributed by atoms with Crippen molar-refractivity contribution in [1.29, 1.82) is 0 Å². The molecule has 0 saturated carbocycles. The first-order valence-electron chi connectivity index (χ1n) is 6.10. The van der Waals surface area contributed by atoms with E-state index in [9.17, 15) is 0 Å². The molecule has 0 amide bonds. The molecule has 2 aliphatic rings. The Morgan fingerprint density at radius 2 is 2.13 bits per heavy atom. The maximum absolute atomic E-state index is 4.37. The van der Waals surface area contributed by atoms with Gasteiger partial charge in [-0.25, -0.2) is 0 Å². The molecule has 1 aromatic heterocycles. The van der Waals surface area contributed by atoms with E-state index in [4.69, 9.17) is 0 Å². The second-order valence-electron chi connectivity index (χ2n) is 4.59.